The lowest BCUT2D eigenvalue weighted by molar-refractivity contribution is -0.117. The van der Waals surface area contributed by atoms with Gasteiger partial charge in [0.05, 0.1) is 0 Å². The normalized spacial score (nSPS) is 9.36. The van der Waals surface area contributed by atoms with Gasteiger partial charge in [-0.15, -0.1) is 0 Å². The first-order valence-corrected chi connectivity index (χ1v) is 5.43. The van der Waals surface area contributed by atoms with Crippen LogP contribution < -0.4 is 5.32 Å². The van der Waals surface area contributed by atoms with Crippen molar-refractivity contribution in [2.45, 2.75) is 20.8 Å². The zero-order chi connectivity index (χ0) is 11.7. The highest BCUT2D eigenvalue weighted by Crippen LogP contribution is 1.98. The molecule has 6 heteroatoms. The van der Waals surface area contributed by atoms with E-state index in [1.165, 1.54) is 0 Å². The summed E-state index contributed by atoms with van der Waals surface area (Å²) >= 11 is 0. The standard InChI is InChI=1S/C8H15NO.H3O3P/c1-6(2)5-9-8(10)7(3)4;1-4(2)3/h6H,3,5H2,1-2,4H3,(H,9,10);4H,(H2,1,2,3). The fourth-order valence-corrected chi connectivity index (χ4v) is 0.448. The van der Waals surface area contributed by atoms with Crippen LogP contribution in [0.15, 0.2) is 12.2 Å². The molecule has 0 bridgehead atoms. The summed E-state index contributed by atoms with van der Waals surface area (Å²) < 4.78 is 8.74. The van der Waals surface area contributed by atoms with Crippen LogP contribution in [-0.2, 0) is 9.36 Å². The molecule has 0 saturated carbocycles. The van der Waals surface area contributed by atoms with Crippen molar-refractivity contribution in [3.8, 4) is 0 Å². The second-order valence-electron chi connectivity index (χ2n) is 3.17. The molecular formula is C8H18NO4P. The number of rotatable bonds is 3. The minimum atomic E-state index is -3.13. The Labute approximate surface area is 84.8 Å². The maximum absolute atomic E-state index is 10.8. The average molecular weight is 223 g/mol. The third-order valence-corrected chi connectivity index (χ3v) is 1.06. The maximum atomic E-state index is 10.8. The molecule has 3 N–H and O–H groups in total. The van der Waals surface area contributed by atoms with Crippen LogP contribution in [0.3, 0.4) is 0 Å². The van der Waals surface area contributed by atoms with Crippen LogP contribution in [0.5, 0.6) is 0 Å². The largest absolute Gasteiger partial charge is 0.352 e. The van der Waals surface area contributed by atoms with E-state index >= 15 is 0 Å². The Balaban J connectivity index is 0. The zero-order valence-electron chi connectivity index (χ0n) is 8.70. The SMILES string of the molecule is C=C(C)C(=O)NCC(C)C.O=[PH](O)O. The van der Waals surface area contributed by atoms with Gasteiger partial charge in [0.25, 0.3) is 0 Å². The first-order valence-electron chi connectivity index (χ1n) is 4.13. The first kappa shape index (κ1) is 15.8. The number of carbonyl (C=O) groups is 1. The van der Waals surface area contributed by atoms with E-state index in [0.29, 0.717) is 11.5 Å². The van der Waals surface area contributed by atoms with Crippen molar-refractivity contribution in [3.63, 3.8) is 0 Å². The minimum absolute atomic E-state index is 0.0475. The fourth-order valence-electron chi connectivity index (χ4n) is 0.448. The van der Waals surface area contributed by atoms with E-state index in [1.807, 2.05) is 0 Å². The lowest BCUT2D eigenvalue weighted by atomic mass is 10.2. The van der Waals surface area contributed by atoms with Gasteiger partial charge in [0.2, 0.25) is 5.91 Å². The van der Waals surface area contributed by atoms with Gasteiger partial charge < -0.3 is 15.1 Å². The predicted molar refractivity (Wildman–Crippen MR) is 56.1 cm³/mol. The molecule has 0 heterocycles. The Morgan fingerprint density at radius 2 is 1.86 bits per heavy atom. The Morgan fingerprint density at radius 1 is 1.50 bits per heavy atom. The second-order valence-corrected chi connectivity index (χ2v) is 3.73. The van der Waals surface area contributed by atoms with E-state index in [0.717, 1.165) is 6.54 Å². The Morgan fingerprint density at radius 3 is 2.07 bits per heavy atom. The van der Waals surface area contributed by atoms with Crippen LogP contribution in [0.1, 0.15) is 20.8 Å². The second kappa shape index (κ2) is 8.94. The third kappa shape index (κ3) is 17.4. The third-order valence-electron chi connectivity index (χ3n) is 1.06. The van der Waals surface area contributed by atoms with Crippen LogP contribution in [0.4, 0.5) is 0 Å². The highest BCUT2D eigenvalue weighted by Gasteiger charge is 2.00. The van der Waals surface area contributed by atoms with Gasteiger partial charge in [0.15, 0.2) is 0 Å². The number of amides is 1. The van der Waals surface area contributed by atoms with E-state index in [9.17, 15) is 4.79 Å². The van der Waals surface area contributed by atoms with Crippen molar-refractivity contribution in [2.24, 2.45) is 5.92 Å². The van der Waals surface area contributed by atoms with Gasteiger partial charge in [-0.1, -0.05) is 20.4 Å². The van der Waals surface area contributed by atoms with Gasteiger partial charge in [-0.3, -0.25) is 9.36 Å². The molecule has 0 fully saturated rings. The summed E-state index contributed by atoms with van der Waals surface area (Å²) in [6.45, 7) is 10.1. The topological polar surface area (TPSA) is 86.6 Å². The zero-order valence-corrected chi connectivity index (χ0v) is 9.70. The van der Waals surface area contributed by atoms with Crippen LogP contribution in [-0.4, -0.2) is 22.2 Å². The van der Waals surface area contributed by atoms with E-state index in [2.05, 4.69) is 25.7 Å². The minimum Gasteiger partial charge on any atom is -0.352 e. The van der Waals surface area contributed by atoms with Gasteiger partial charge in [-0.25, -0.2) is 0 Å². The van der Waals surface area contributed by atoms with Gasteiger partial charge in [0.1, 0.15) is 0 Å². The first-order chi connectivity index (χ1) is 6.27. The van der Waals surface area contributed by atoms with Crippen molar-refractivity contribution in [1.82, 2.24) is 5.32 Å². The fraction of sp³-hybridized carbons (Fsp3) is 0.625. The predicted octanol–water partition coefficient (Wildman–Crippen LogP) is 0.695. The highest BCUT2D eigenvalue weighted by molar-refractivity contribution is 7.30. The van der Waals surface area contributed by atoms with Gasteiger partial charge in [0, 0.05) is 12.1 Å². The van der Waals surface area contributed by atoms with Crippen molar-refractivity contribution in [2.75, 3.05) is 6.54 Å². The van der Waals surface area contributed by atoms with E-state index in [4.69, 9.17) is 14.4 Å². The summed E-state index contributed by atoms with van der Waals surface area (Å²) in [5.41, 5.74) is 0.570. The number of hydrogen-bond acceptors (Lipinski definition) is 2. The van der Waals surface area contributed by atoms with Crippen molar-refractivity contribution < 1.29 is 19.1 Å². The van der Waals surface area contributed by atoms with Gasteiger partial charge in [-0.2, -0.15) is 0 Å². The van der Waals surface area contributed by atoms with Crippen LogP contribution in [0, 0.1) is 5.92 Å². The molecule has 0 aliphatic rings. The lowest BCUT2D eigenvalue weighted by Crippen LogP contribution is -2.27. The van der Waals surface area contributed by atoms with E-state index in [1.54, 1.807) is 6.92 Å². The number of carbonyl (C=O) groups excluding carboxylic acids is 1. The summed E-state index contributed by atoms with van der Waals surface area (Å²) in [5, 5.41) is 2.74. The molecule has 0 aliphatic heterocycles. The molecular weight excluding hydrogens is 205 g/mol. The van der Waals surface area contributed by atoms with Crippen LogP contribution in [0.2, 0.25) is 0 Å². The lowest BCUT2D eigenvalue weighted by Gasteiger charge is -2.05. The Kier molecular flexibility index (Phi) is 10.1. The molecule has 0 aromatic carbocycles. The summed E-state index contributed by atoms with van der Waals surface area (Å²) in [7, 11) is -3.13. The molecule has 0 aromatic rings. The van der Waals surface area contributed by atoms with Crippen molar-refractivity contribution >= 4 is 14.2 Å². The van der Waals surface area contributed by atoms with Gasteiger partial charge in [-0.05, 0) is 12.8 Å². The molecule has 0 saturated heterocycles. The van der Waals surface area contributed by atoms with E-state index in [-0.39, 0.29) is 5.91 Å². The molecule has 0 aliphatic carbocycles. The van der Waals surface area contributed by atoms with Crippen LogP contribution >= 0.6 is 8.25 Å². The van der Waals surface area contributed by atoms with E-state index < -0.39 is 8.25 Å². The summed E-state index contributed by atoms with van der Waals surface area (Å²) in [5.74, 6) is 0.456. The number of nitrogens with one attached hydrogen (secondary N) is 1. The highest BCUT2D eigenvalue weighted by atomic mass is 31.1. The Hall–Kier alpha value is -0.640. The molecule has 1 amide bonds. The molecule has 0 atom stereocenters. The van der Waals surface area contributed by atoms with Crippen molar-refractivity contribution in [1.29, 1.82) is 0 Å². The molecule has 0 aromatic heterocycles. The summed E-state index contributed by atoms with van der Waals surface area (Å²) in [6.07, 6.45) is 0. The molecule has 0 rings (SSSR count). The maximum Gasteiger partial charge on any atom is 0.314 e. The summed E-state index contributed by atoms with van der Waals surface area (Å²) in [4.78, 5) is 25.2. The molecule has 0 radical (unpaired) electrons. The smallest absolute Gasteiger partial charge is 0.314 e. The average Bonchev–Trinajstić information content (AvgIpc) is 1.98. The van der Waals surface area contributed by atoms with Crippen LogP contribution in [0.25, 0.3) is 0 Å². The molecule has 5 nitrogen and oxygen atoms in total. The number of hydrogen-bond donors (Lipinski definition) is 3. The molecule has 0 spiro atoms. The Bertz CT molecular complexity index is 211. The van der Waals surface area contributed by atoms with Crippen molar-refractivity contribution in [3.05, 3.63) is 12.2 Å². The molecule has 84 valence electrons. The quantitative estimate of drug-likeness (QED) is 0.485. The van der Waals surface area contributed by atoms with Gasteiger partial charge >= 0.3 is 8.25 Å². The molecule has 14 heavy (non-hydrogen) atoms. The molecule has 0 unspecified atom stereocenters. The monoisotopic (exact) mass is 223 g/mol. The summed E-state index contributed by atoms with van der Waals surface area (Å²) in [6, 6.07) is 0.